The molecule has 0 aliphatic heterocycles. The Morgan fingerprint density at radius 2 is 2.12 bits per heavy atom. The number of pyridine rings is 1. The van der Waals surface area contributed by atoms with E-state index in [2.05, 4.69) is 25.7 Å². The molecule has 1 N–H and O–H groups in total. The maximum atomic E-state index is 11.9. The summed E-state index contributed by atoms with van der Waals surface area (Å²) in [5.74, 6) is -2.71. The molecule has 0 radical (unpaired) electrons. The molecule has 0 aliphatic rings. The highest BCUT2D eigenvalue weighted by Crippen LogP contribution is 2.33. The highest BCUT2D eigenvalue weighted by atomic mass is 79.9. The van der Waals surface area contributed by atoms with Gasteiger partial charge in [-0.15, -0.1) is 13.2 Å². The van der Waals surface area contributed by atoms with Crippen molar-refractivity contribution in [1.29, 1.82) is 0 Å². The Morgan fingerprint density at radius 1 is 1.56 bits per heavy atom. The minimum Gasteiger partial charge on any atom is -0.477 e. The maximum absolute atomic E-state index is 11.9. The summed E-state index contributed by atoms with van der Waals surface area (Å²) < 4.78 is 39.0. The van der Waals surface area contributed by atoms with E-state index in [0.29, 0.717) is 0 Å². The summed E-state index contributed by atoms with van der Waals surface area (Å²) in [5, 5.41) is 8.56. The molecular weight excluding hydrogens is 318 g/mol. The zero-order chi connectivity index (χ0) is 12.5. The SMILES string of the molecule is O=C(O)c1c(OC(F)(F)F)ncc(Cl)c1Br. The molecule has 88 valence electrons. The largest absolute Gasteiger partial charge is 0.574 e. The number of nitrogens with zero attached hydrogens (tertiary/aromatic N) is 1. The molecule has 1 heterocycles. The highest BCUT2D eigenvalue weighted by molar-refractivity contribution is 9.10. The van der Waals surface area contributed by atoms with Crippen LogP contribution in [-0.2, 0) is 0 Å². The van der Waals surface area contributed by atoms with Crippen LogP contribution >= 0.6 is 27.5 Å². The Morgan fingerprint density at radius 3 is 2.56 bits per heavy atom. The van der Waals surface area contributed by atoms with E-state index >= 15 is 0 Å². The minimum atomic E-state index is -5.02. The Labute approximate surface area is 100 Å². The monoisotopic (exact) mass is 319 g/mol. The molecule has 0 atom stereocenters. The van der Waals surface area contributed by atoms with Crippen molar-refractivity contribution in [2.75, 3.05) is 0 Å². The van der Waals surface area contributed by atoms with Gasteiger partial charge < -0.3 is 9.84 Å². The van der Waals surface area contributed by atoms with E-state index in [4.69, 9.17) is 16.7 Å². The number of halogens is 5. The standard InChI is InChI=1S/C7H2BrClF3NO3/c8-4-2(9)1-13-5(3(4)6(14)15)16-7(10,11)12/h1H,(H,14,15). The smallest absolute Gasteiger partial charge is 0.477 e. The van der Waals surface area contributed by atoms with E-state index in [1.807, 2.05) is 0 Å². The van der Waals surface area contributed by atoms with Crippen LogP contribution in [-0.4, -0.2) is 22.4 Å². The molecule has 1 rings (SSSR count). The predicted molar refractivity (Wildman–Crippen MR) is 50.6 cm³/mol. The summed E-state index contributed by atoms with van der Waals surface area (Å²) in [4.78, 5) is 13.9. The molecule has 0 bridgehead atoms. The fourth-order valence-corrected chi connectivity index (χ4v) is 1.41. The van der Waals surface area contributed by atoms with Gasteiger partial charge in [-0.2, -0.15) is 0 Å². The summed E-state index contributed by atoms with van der Waals surface area (Å²) in [6, 6.07) is 0. The van der Waals surface area contributed by atoms with E-state index in [9.17, 15) is 18.0 Å². The summed E-state index contributed by atoms with van der Waals surface area (Å²) >= 11 is 8.23. The van der Waals surface area contributed by atoms with Crippen molar-refractivity contribution >= 4 is 33.5 Å². The third kappa shape index (κ3) is 2.99. The van der Waals surface area contributed by atoms with Crippen molar-refractivity contribution in [2.45, 2.75) is 6.36 Å². The van der Waals surface area contributed by atoms with Crippen LogP contribution in [0.1, 0.15) is 10.4 Å². The van der Waals surface area contributed by atoms with Gasteiger partial charge in [0.2, 0.25) is 5.88 Å². The molecule has 1 aromatic heterocycles. The summed E-state index contributed by atoms with van der Waals surface area (Å²) in [6.07, 6.45) is -4.18. The molecule has 0 saturated heterocycles. The van der Waals surface area contributed by atoms with Crippen LogP contribution in [0.25, 0.3) is 0 Å². The zero-order valence-corrected chi connectivity index (χ0v) is 9.52. The fraction of sp³-hybridized carbons (Fsp3) is 0.143. The number of hydrogen-bond donors (Lipinski definition) is 1. The molecule has 0 amide bonds. The molecule has 16 heavy (non-hydrogen) atoms. The lowest BCUT2D eigenvalue weighted by atomic mass is 10.3. The van der Waals surface area contributed by atoms with Crippen LogP contribution in [0.15, 0.2) is 10.7 Å². The van der Waals surface area contributed by atoms with Crippen LogP contribution in [0.4, 0.5) is 13.2 Å². The molecule has 0 spiro atoms. The van der Waals surface area contributed by atoms with Crippen LogP contribution < -0.4 is 4.74 Å². The van der Waals surface area contributed by atoms with Gasteiger partial charge in [-0.3, -0.25) is 0 Å². The predicted octanol–water partition coefficient (Wildman–Crippen LogP) is 3.09. The lowest BCUT2D eigenvalue weighted by molar-refractivity contribution is -0.276. The second kappa shape index (κ2) is 4.46. The number of aromatic carboxylic acids is 1. The van der Waals surface area contributed by atoms with E-state index in [-0.39, 0.29) is 9.50 Å². The third-order valence-electron chi connectivity index (χ3n) is 1.36. The van der Waals surface area contributed by atoms with Gasteiger partial charge in [0.1, 0.15) is 5.56 Å². The third-order valence-corrected chi connectivity index (χ3v) is 2.70. The normalized spacial score (nSPS) is 11.3. The molecule has 0 fully saturated rings. The first-order valence-corrected chi connectivity index (χ1v) is 4.72. The Hall–Kier alpha value is -1.02. The van der Waals surface area contributed by atoms with Gasteiger partial charge in [-0.1, -0.05) is 11.6 Å². The molecular formula is C7H2BrClF3NO3. The van der Waals surface area contributed by atoms with Crippen LogP contribution in [0.5, 0.6) is 5.88 Å². The quantitative estimate of drug-likeness (QED) is 0.909. The number of aromatic nitrogens is 1. The van der Waals surface area contributed by atoms with Gasteiger partial charge in [0.25, 0.3) is 0 Å². The molecule has 1 aromatic rings. The van der Waals surface area contributed by atoms with Crippen molar-refractivity contribution < 1.29 is 27.8 Å². The Bertz CT molecular complexity index is 438. The highest BCUT2D eigenvalue weighted by Gasteiger charge is 2.35. The molecule has 9 heteroatoms. The van der Waals surface area contributed by atoms with Crippen LogP contribution in [0, 0.1) is 0 Å². The van der Waals surface area contributed by atoms with Gasteiger partial charge in [0.05, 0.1) is 15.7 Å². The Balaban J connectivity index is 3.29. The van der Waals surface area contributed by atoms with Crippen LogP contribution in [0.3, 0.4) is 0 Å². The van der Waals surface area contributed by atoms with Crippen molar-refractivity contribution in [3.8, 4) is 5.88 Å². The van der Waals surface area contributed by atoms with E-state index < -0.39 is 23.8 Å². The Kier molecular flexibility index (Phi) is 3.64. The summed E-state index contributed by atoms with van der Waals surface area (Å²) in [5.41, 5.74) is -0.787. The first kappa shape index (κ1) is 13.0. The van der Waals surface area contributed by atoms with Gasteiger partial charge in [-0.25, -0.2) is 9.78 Å². The van der Waals surface area contributed by atoms with E-state index in [1.54, 1.807) is 0 Å². The minimum absolute atomic E-state index is 0.132. The molecule has 0 unspecified atom stereocenters. The number of carboxylic acids is 1. The lowest BCUT2D eigenvalue weighted by Gasteiger charge is -2.11. The van der Waals surface area contributed by atoms with E-state index in [0.717, 1.165) is 6.20 Å². The van der Waals surface area contributed by atoms with Gasteiger partial charge in [0.15, 0.2) is 0 Å². The van der Waals surface area contributed by atoms with E-state index in [1.165, 1.54) is 0 Å². The zero-order valence-electron chi connectivity index (χ0n) is 7.18. The molecule has 0 saturated carbocycles. The van der Waals surface area contributed by atoms with Crippen molar-refractivity contribution in [1.82, 2.24) is 4.98 Å². The molecule has 0 aliphatic carbocycles. The topological polar surface area (TPSA) is 59.4 Å². The lowest BCUT2D eigenvalue weighted by Crippen LogP contribution is -2.20. The number of rotatable bonds is 2. The van der Waals surface area contributed by atoms with Crippen molar-refractivity contribution in [3.05, 3.63) is 21.3 Å². The number of carbonyl (C=O) groups is 1. The second-order valence-corrected chi connectivity index (χ2v) is 3.65. The van der Waals surface area contributed by atoms with Crippen molar-refractivity contribution in [3.63, 3.8) is 0 Å². The maximum Gasteiger partial charge on any atom is 0.574 e. The fourth-order valence-electron chi connectivity index (χ4n) is 0.822. The average molecular weight is 320 g/mol. The van der Waals surface area contributed by atoms with Crippen molar-refractivity contribution in [2.24, 2.45) is 0 Å². The summed E-state index contributed by atoms with van der Waals surface area (Å²) in [7, 11) is 0. The number of ether oxygens (including phenoxy) is 1. The van der Waals surface area contributed by atoms with Gasteiger partial charge in [0, 0.05) is 0 Å². The first-order valence-electron chi connectivity index (χ1n) is 3.55. The second-order valence-electron chi connectivity index (χ2n) is 2.45. The molecule has 0 aromatic carbocycles. The molecule has 4 nitrogen and oxygen atoms in total. The number of carboxylic acid groups (broad SMARTS) is 1. The average Bonchev–Trinajstić information content (AvgIpc) is 2.08. The number of hydrogen-bond acceptors (Lipinski definition) is 3. The van der Waals surface area contributed by atoms with Gasteiger partial charge in [-0.05, 0) is 15.9 Å². The summed E-state index contributed by atoms with van der Waals surface area (Å²) in [6.45, 7) is 0. The van der Waals surface area contributed by atoms with Gasteiger partial charge >= 0.3 is 12.3 Å². The first-order chi connectivity index (χ1) is 7.22. The van der Waals surface area contributed by atoms with Crippen LogP contribution in [0.2, 0.25) is 5.02 Å². The number of alkyl halides is 3.